The van der Waals surface area contributed by atoms with Crippen LogP contribution in [0.25, 0.3) is 22.3 Å². The Balaban J connectivity index is 2.12. The van der Waals surface area contributed by atoms with Crippen molar-refractivity contribution < 1.29 is 9.36 Å². The van der Waals surface area contributed by atoms with E-state index in [0.29, 0.717) is 17.4 Å². The van der Waals surface area contributed by atoms with E-state index in [0.717, 1.165) is 10.8 Å². The molecule has 3 aromatic rings. The fourth-order valence-electron chi connectivity index (χ4n) is 1.78. The molecule has 2 aromatic heterocycles. The molecule has 2 heterocycles. The zero-order valence-electron chi connectivity index (χ0n) is 9.41. The summed E-state index contributed by atoms with van der Waals surface area (Å²) in [6, 6.07) is 9.81. The zero-order valence-corrected chi connectivity index (χ0v) is 9.41. The van der Waals surface area contributed by atoms with Gasteiger partial charge >= 0.3 is 0 Å². The molecule has 0 aliphatic carbocycles. The lowest BCUT2D eigenvalue weighted by molar-refractivity contribution is 0.0996. The normalized spacial score (nSPS) is 10.9. The lowest BCUT2D eigenvalue weighted by Gasteiger charge is -2.00. The summed E-state index contributed by atoms with van der Waals surface area (Å²) in [6.07, 6.45) is 1.72. The number of pyridine rings is 1. The van der Waals surface area contributed by atoms with Crippen molar-refractivity contribution in [2.75, 3.05) is 0 Å². The molecular weight excluding hydrogens is 232 g/mol. The van der Waals surface area contributed by atoms with Crippen LogP contribution in [0.15, 0.2) is 41.1 Å². The standard InChI is InChI=1S/C12H10N4O2/c13-17-7-10-15-12(16-18-10)11-9-4-2-1-3-8(9)5-6-14-11/h1-6H,7,13H2. The van der Waals surface area contributed by atoms with E-state index in [9.17, 15) is 0 Å². The second-order valence-electron chi connectivity index (χ2n) is 3.70. The van der Waals surface area contributed by atoms with Crippen molar-refractivity contribution in [3.05, 3.63) is 42.4 Å². The van der Waals surface area contributed by atoms with Crippen LogP contribution in [0.3, 0.4) is 0 Å². The molecule has 0 fully saturated rings. The third-order valence-electron chi connectivity index (χ3n) is 2.56. The summed E-state index contributed by atoms with van der Waals surface area (Å²) in [5, 5.41) is 5.92. The van der Waals surface area contributed by atoms with Crippen molar-refractivity contribution in [1.29, 1.82) is 0 Å². The second kappa shape index (κ2) is 4.52. The molecule has 0 aliphatic heterocycles. The lowest BCUT2D eigenvalue weighted by atomic mass is 10.1. The molecule has 0 saturated carbocycles. The highest BCUT2D eigenvalue weighted by Crippen LogP contribution is 2.23. The Kier molecular flexibility index (Phi) is 2.71. The van der Waals surface area contributed by atoms with Gasteiger partial charge in [0.25, 0.3) is 5.89 Å². The summed E-state index contributed by atoms with van der Waals surface area (Å²) in [7, 11) is 0. The van der Waals surface area contributed by atoms with Gasteiger partial charge in [0.2, 0.25) is 5.82 Å². The fraction of sp³-hybridized carbons (Fsp3) is 0.0833. The maximum absolute atomic E-state index is 5.00. The molecule has 0 spiro atoms. The lowest BCUT2D eigenvalue weighted by Crippen LogP contribution is -1.98. The molecule has 2 N–H and O–H groups in total. The minimum absolute atomic E-state index is 0.0811. The summed E-state index contributed by atoms with van der Waals surface area (Å²) in [5.41, 5.74) is 0.681. The highest BCUT2D eigenvalue weighted by Gasteiger charge is 2.12. The largest absolute Gasteiger partial charge is 0.336 e. The van der Waals surface area contributed by atoms with Gasteiger partial charge in [0.15, 0.2) is 0 Å². The first-order valence-electron chi connectivity index (χ1n) is 5.37. The Hall–Kier alpha value is -2.31. The number of benzene rings is 1. The quantitative estimate of drug-likeness (QED) is 0.703. The first-order chi connectivity index (χ1) is 8.88. The molecule has 0 bridgehead atoms. The molecule has 0 radical (unpaired) electrons. The van der Waals surface area contributed by atoms with E-state index in [4.69, 9.17) is 10.4 Å². The van der Waals surface area contributed by atoms with Crippen molar-refractivity contribution in [3.63, 3.8) is 0 Å². The Bertz CT molecular complexity index is 675. The molecule has 6 nitrogen and oxygen atoms in total. The summed E-state index contributed by atoms with van der Waals surface area (Å²) in [6.45, 7) is 0.0811. The van der Waals surface area contributed by atoms with Crippen molar-refractivity contribution >= 4 is 10.8 Å². The van der Waals surface area contributed by atoms with Crippen LogP contribution in [0, 0.1) is 0 Å². The SMILES string of the molecule is NOCc1nc(-c2nccc3ccccc23)no1. The topological polar surface area (TPSA) is 87.1 Å². The third-order valence-corrected chi connectivity index (χ3v) is 2.56. The summed E-state index contributed by atoms with van der Waals surface area (Å²) in [4.78, 5) is 12.9. The highest BCUT2D eigenvalue weighted by atomic mass is 16.6. The van der Waals surface area contributed by atoms with E-state index in [1.807, 2.05) is 30.3 Å². The Labute approximate surface area is 102 Å². The number of nitrogens with two attached hydrogens (primary N) is 1. The number of aromatic nitrogens is 3. The molecule has 18 heavy (non-hydrogen) atoms. The molecule has 1 aromatic carbocycles. The third kappa shape index (κ3) is 1.83. The van der Waals surface area contributed by atoms with Crippen LogP contribution in [0.5, 0.6) is 0 Å². The Morgan fingerprint density at radius 3 is 3.00 bits per heavy atom. The summed E-state index contributed by atoms with van der Waals surface area (Å²) < 4.78 is 5.00. The van der Waals surface area contributed by atoms with Crippen LogP contribution >= 0.6 is 0 Å². The van der Waals surface area contributed by atoms with E-state index in [2.05, 4.69) is 20.0 Å². The van der Waals surface area contributed by atoms with Crippen molar-refractivity contribution in [2.45, 2.75) is 6.61 Å². The number of fused-ring (bicyclic) bond motifs is 1. The van der Waals surface area contributed by atoms with E-state index in [1.165, 1.54) is 0 Å². The molecule has 0 unspecified atom stereocenters. The molecule has 0 amide bonds. The molecule has 0 saturated heterocycles. The predicted molar refractivity (Wildman–Crippen MR) is 64.0 cm³/mol. The van der Waals surface area contributed by atoms with Gasteiger partial charge < -0.3 is 4.52 Å². The first-order valence-corrected chi connectivity index (χ1v) is 5.37. The number of hydrogen-bond acceptors (Lipinski definition) is 6. The summed E-state index contributed by atoms with van der Waals surface area (Å²) >= 11 is 0. The van der Waals surface area contributed by atoms with E-state index >= 15 is 0 Å². The van der Waals surface area contributed by atoms with Crippen LogP contribution in [0.1, 0.15) is 5.89 Å². The Morgan fingerprint density at radius 2 is 2.11 bits per heavy atom. The number of hydrogen-bond donors (Lipinski definition) is 1. The maximum atomic E-state index is 5.00. The van der Waals surface area contributed by atoms with Crippen LogP contribution in [0.4, 0.5) is 0 Å². The average molecular weight is 242 g/mol. The smallest absolute Gasteiger partial charge is 0.255 e. The van der Waals surface area contributed by atoms with Gasteiger partial charge in [0.1, 0.15) is 12.3 Å². The van der Waals surface area contributed by atoms with Gasteiger partial charge in [-0.25, -0.2) is 5.90 Å². The maximum Gasteiger partial charge on any atom is 0.255 e. The summed E-state index contributed by atoms with van der Waals surface area (Å²) in [5.74, 6) is 5.71. The Morgan fingerprint density at radius 1 is 1.22 bits per heavy atom. The van der Waals surface area contributed by atoms with Crippen LogP contribution in [0.2, 0.25) is 0 Å². The van der Waals surface area contributed by atoms with Gasteiger partial charge in [-0.1, -0.05) is 29.4 Å². The predicted octanol–water partition coefficient (Wildman–Crippen LogP) is 1.68. The van der Waals surface area contributed by atoms with Gasteiger partial charge in [-0.2, -0.15) is 4.98 Å². The monoisotopic (exact) mass is 242 g/mol. The fourth-order valence-corrected chi connectivity index (χ4v) is 1.78. The molecule has 0 atom stereocenters. The van der Waals surface area contributed by atoms with Crippen LogP contribution in [-0.2, 0) is 11.4 Å². The second-order valence-corrected chi connectivity index (χ2v) is 3.70. The van der Waals surface area contributed by atoms with Gasteiger partial charge in [0.05, 0.1) is 0 Å². The van der Waals surface area contributed by atoms with Crippen molar-refractivity contribution in [2.24, 2.45) is 5.90 Å². The minimum atomic E-state index is 0.0811. The highest BCUT2D eigenvalue weighted by molar-refractivity contribution is 5.92. The zero-order chi connectivity index (χ0) is 12.4. The van der Waals surface area contributed by atoms with Crippen molar-refractivity contribution in [1.82, 2.24) is 15.1 Å². The number of nitrogens with zero attached hydrogens (tertiary/aromatic N) is 3. The van der Waals surface area contributed by atoms with Gasteiger partial charge in [-0.05, 0) is 11.5 Å². The molecule has 3 rings (SSSR count). The van der Waals surface area contributed by atoms with Gasteiger partial charge in [0, 0.05) is 11.6 Å². The van der Waals surface area contributed by atoms with E-state index < -0.39 is 0 Å². The molecule has 0 aliphatic rings. The van der Waals surface area contributed by atoms with Gasteiger partial charge in [-0.3, -0.25) is 9.82 Å². The van der Waals surface area contributed by atoms with E-state index in [1.54, 1.807) is 6.20 Å². The average Bonchev–Trinajstić information content (AvgIpc) is 2.87. The minimum Gasteiger partial charge on any atom is -0.336 e. The first kappa shape index (κ1) is 10.8. The van der Waals surface area contributed by atoms with Gasteiger partial charge in [-0.15, -0.1) is 0 Å². The number of rotatable bonds is 3. The van der Waals surface area contributed by atoms with Crippen LogP contribution < -0.4 is 5.90 Å². The molecule has 90 valence electrons. The molecular formula is C12H10N4O2. The van der Waals surface area contributed by atoms with Crippen molar-refractivity contribution in [3.8, 4) is 11.5 Å². The van der Waals surface area contributed by atoms with Crippen LogP contribution in [-0.4, -0.2) is 15.1 Å². The van der Waals surface area contributed by atoms with E-state index in [-0.39, 0.29) is 6.61 Å². The molecule has 6 heteroatoms.